The summed E-state index contributed by atoms with van der Waals surface area (Å²) in [4.78, 5) is 52.8. The summed E-state index contributed by atoms with van der Waals surface area (Å²) in [6.45, 7) is 3.56. The molecule has 0 bridgehead atoms. The van der Waals surface area contributed by atoms with Gasteiger partial charge in [0.25, 0.3) is 0 Å². The van der Waals surface area contributed by atoms with Crippen molar-refractivity contribution in [2.75, 3.05) is 6.54 Å². The SMILES string of the molecule is CC(=O)C(=O)C(CC1CCC1)NC(=O)[C@@H]1[C@@H]2[C@H](CN1C(=O)[C@@H](C)C1CCCCC1)C2(Cl)Cl. The van der Waals surface area contributed by atoms with Crippen LogP contribution >= 0.6 is 23.2 Å². The second-order valence-electron chi connectivity index (χ2n) is 10.4. The molecule has 1 N–H and O–H groups in total. The lowest BCUT2D eigenvalue weighted by molar-refractivity contribution is -0.145. The van der Waals surface area contributed by atoms with Crippen molar-refractivity contribution >= 4 is 46.6 Å². The second kappa shape index (κ2) is 9.25. The van der Waals surface area contributed by atoms with Crippen molar-refractivity contribution < 1.29 is 19.2 Å². The molecule has 1 saturated heterocycles. The predicted octanol–water partition coefficient (Wildman–Crippen LogP) is 3.67. The number of nitrogens with zero attached hydrogens (tertiary/aromatic N) is 1. The van der Waals surface area contributed by atoms with Crippen LogP contribution in [0.25, 0.3) is 0 Å². The molecule has 178 valence electrons. The van der Waals surface area contributed by atoms with Gasteiger partial charge < -0.3 is 10.2 Å². The number of hydrogen-bond acceptors (Lipinski definition) is 4. The summed E-state index contributed by atoms with van der Waals surface area (Å²) in [5, 5.41) is 2.82. The van der Waals surface area contributed by atoms with Gasteiger partial charge in [0.15, 0.2) is 5.78 Å². The van der Waals surface area contributed by atoms with Crippen molar-refractivity contribution in [2.45, 2.75) is 88.1 Å². The lowest BCUT2D eigenvalue weighted by Crippen LogP contribution is -2.56. The van der Waals surface area contributed by atoms with Gasteiger partial charge in [0.05, 0.1) is 6.04 Å². The van der Waals surface area contributed by atoms with Gasteiger partial charge in [-0.1, -0.05) is 45.4 Å². The van der Waals surface area contributed by atoms with Crippen LogP contribution in [0, 0.1) is 29.6 Å². The average Bonchev–Trinajstić information content (AvgIpc) is 3.08. The molecule has 1 heterocycles. The highest BCUT2D eigenvalue weighted by atomic mass is 35.5. The van der Waals surface area contributed by atoms with E-state index in [1.165, 1.54) is 13.3 Å². The number of carbonyl (C=O) groups is 4. The fraction of sp³-hybridized carbons (Fsp3) is 0.833. The molecule has 4 aliphatic rings. The summed E-state index contributed by atoms with van der Waals surface area (Å²) in [5.41, 5.74) is 0. The third-order valence-electron chi connectivity index (χ3n) is 8.40. The molecule has 0 radical (unpaired) electrons. The summed E-state index contributed by atoms with van der Waals surface area (Å²) in [6, 6.07) is -1.65. The van der Waals surface area contributed by atoms with E-state index in [2.05, 4.69) is 5.32 Å². The minimum atomic E-state index is -1.03. The number of nitrogens with one attached hydrogen (secondary N) is 1. The highest BCUT2D eigenvalue weighted by molar-refractivity contribution is 6.51. The van der Waals surface area contributed by atoms with E-state index in [1.807, 2.05) is 6.92 Å². The van der Waals surface area contributed by atoms with Gasteiger partial charge in [-0.15, -0.1) is 23.2 Å². The third-order valence-corrected chi connectivity index (χ3v) is 9.47. The number of rotatable bonds is 8. The Kier molecular flexibility index (Phi) is 6.94. The molecular weight excluding hydrogens is 451 g/mol. The van der Waals surface area contributed by atoms with E-state index in [-0.39, 0.29) is 23.7 Å². The Morgan fingerprint density at radius 3 is 2.25 bits per heavy atom. The first-order valence-electron chi connectivity index (χ1n) is 12.2. The number of hydrogen-bond donors (Lipinski definition) is 1. The van der Waals surface area contributed by atoms with E-state index in [4.69, 9.17) is 23.2 Å². The molecule has 8 heteroatoms. The van der Waals surface area contributed by atoms with Crippen LogP contribution in [0.1, 0.15) is 71.6 Å². The number of fused-ring (bicyclic) bond motifs is 1. The van der Waals surface area contributed by atoms with E-state index in [1.54, 1.807) is 4.90 Å². The second-order valence-corrected chi connectivity index (χ2v) is 11.9. The van der Waals surface area contributed by atoms with Gasteiger partial charge in [0.1, 0.15) is 10.4 Å². The van der Waals surface area contributed by atoms with Crippen molar-refractivity contribution in [3.05, 3.63) is 0 Å². The number of amides is 2. The fourth-order valence-corrected chi connectivity index (χ4v) is 6.85. The quantitative estimate of drug-likeness (QED) is 0.420. The van der Waals surface area contributed by atoms with Crippen molar-refractivity contribution in [2.24, 2.45) is 29.6 Å². The zero-order valence-electron chi connectivity index (χ0n) is 18.9. The van der Waals surface area contributed by atoms with Crippen molar-refractivity contribution in [3.8, 4) is 0 Å². The van der Waals surface area contributed by atoms with Crippen LogP contribution in [0.15, 0.2) is 0 Å². The Morgan fingerprint density at radius 1 is 1.03 bits per heavy atom. The van der Waals surface area contributed by atoms with Crippen molar-refractivity contribution in [1.29, 1.82) is 0 Å². The van der Waals surface area contributed by atoms with Gasteiger partial charge in [-0.2, -0.15) is 0 Å². The zero-order chi connectivity index (χ0) is 23.2. The molecule has 0 aromatic heterocycles. The van der Waals surface area contributed by atoms with Crippen molar-refractivity contribution in [3.63, 3.8) is 0 Å². The highest BCUT2D eigenvalue weighted by Crippen LogP contribution is 2.65. The Labute approximate surface area is 200 Å². The summed E-state index contributed by atoms with van der Waals surface area (Å²) < 4.78 is -1.03. The maximum Gasteiger partial charge on any atom is 0.243 e. The topological polar surface area (TPSA) is 83.6 Å². The first-order chi connectivity index (χ1) is 15.1. The lowest BCUT2D eigenvalue weighted by Gasteiger charge is -2.35. The van der Waals surface area contributed by atoms with E-state index in [0.29, 0.717) is 24.8 Å². The highest BCUT2D eigenvalue weighted by Gasteiger charge is 2.74. The van der Waals surface area contributed by atoms with Crippen LogP contribution in [0.4, 0.5) is 0 Å². The molecule has 0 aromatic rings. The van der Waals surface area contributed by atoms with E-state index >= 15 is 0 Å². The number of piperidine rings is 1. The molecule has 0 spiro atoms. The smallest absolute Gasteiger partial charge is 0.243 e. The first kappa shape index (κ1) is 24.0. The molecule has 1 aliphatic heterocycles. The number of alkyl halides is 2. The number of halogens is 2. The minimum Gasteiger partial charge on any atom is -0.344 e. The largest absolute Gasteiger partial charge is 0.344 e. The summed E-state index contributed by atoms with van der Waals surface area (Å²) in [7, 11) is 0. The average molecular weight is 485 g/mol. The minimum absolute atomic E-state index is 0.0261. The van der Waals surface area contributed by atoms with Gasteiger partial charge >= 0.3 is 0 Å². The molecule has 4 fully saturated rings. The molecule has 3 aliphatic carbocycles. The zero-order valence-corrected chi connectivity index (χ0v) is 20.5. The lowest BCUT2D eigenvalue weighted by atomic mass is 9.79. The van der Waals surface area contributed by atoms with E-state index in [9.17, 15) is 19.2 Å². The number of likely N-dealkylation sites (tertiary alicyclic amines) is 1. The molecule has 32 heavy (non-hydrogen) atoms. The van der Waals surface area contributed by atoms with E-state index < -0.39 is 33.9 Å². The van der Waals surface area contributed by atoms with Crippen LogP contribution in [0.2, 0.25) is 0 Å². The van der Waals surface area contributed by atoms with Crippen LogP contribution in [-0.2, 0) is 19.2 Å². The van der Waals surface area contributed by atoms with Crippen molar-refractivity contribution in [1.82, 2.24) is 10.2 Å². The molecular formula is C24H34Cl2N2O4. The van der Waals surface area contributed by atoms with Crippen LogP contribution in [0.3, 0.4) is 0 Å². The summed E-state index contributed by atoms with van der Waals surface area (Å²) >= 11 is 12.9. The van der Waals surface area contributed by atoms with Gasteiger partial charge in [0, 0.05) is 31.2 Å². The third kappa shape index (κ3) is 4.46. The Balaban J connectivity index is 1.49. The van der Waals surface area contributed by atoms with Gasteiger partial charge in [-0.25, -0.2) is 0 Å². The maximum absolute atomic E-state index is 13.4. The summed E-state index contributed by atoms with van der Waals surface area (Å²) in [6.07, 6.45) is 9.14. The molecule has 3 saturated carbocycles. The first-order valence-corrected chi connectivity index (χ1v) is 12.9. The van der Waals surface area contributed by atoms with Crippen LogP contribution < -0.4 is 5.32 Å². The fourth-order valence-electron chi connectivity index (χ4n) is 6.03. The monoisotopic (exact) mass is 484 g/mol. The Morgan fingerprint density at radius 2 is 1.69 bits per heavy atom. The molecule has 1 unspecified atom stereocenters. The molecule has 4 rings (SSSR count). The van der Waals surface area contributed by atoms with Gasteiger partial charge in [-0.05, 0) is 31.1 Å². The van der Waals surface area contributed by atoms with Gasteiger partial charge in [0.2, 0.25) is 17.6 Å². The molecule has 6 nitrogen and oxygen atoms in total. The molecule has 2 amide bonds. The Hall–Kier alpha value is -1.14. The number of ketones is 2. The van der Waals surface area contributed by atoms with Crippen LogP contribution in [0.5, 0.6) is 0 Å². The molecule has 5 atom stereocenters. The summed E-state index contributed by atoms with van der Waals surface area (Å²) in [5.74, 6) is -1.55. The predicted molar refractivity (Wildman–Crippen MR) is 122 cm³/mol. The number of Topliss-reactive ketones (excluding diaryl/α,β-unsaturated/α-hetero) is 2. The Bertz CT molecular complexity index is 791. The number of carbonyl (C=O) groups excluding carboxylic acids is 4. The molecule has 0 aromatic carbocycles. The van der Waals surface area contributed by atoms with E-state index in [0.717, 1.165) is 44.9 Å². The van der Waals surface area contributed by atoms with Crippen LogP contribution in [-0.4, -0.2) is 51.2 Å². The normalized spacial score (nSPS) is 31.2. The maximum atomic E-state index is 13.4. The van der Waals surface area contributed by atoms with Gasteiger partial charge in [-0.3, -0.25) is 19.2 Å². The standard InChI is InChI=1S/C24H34Cl2N2O4/c1-13(16-9-4-3-5-10-16)23(32)28-12-17-19(24(17,25)26)20(28)22(31)27-18(21(30)14(2)29)11-15-7-6-8-15/h13,15-20H,3-12H2,1-2H3,(H,27,31)/t13-,17-,18?,19-,20-/m0/s1.